The molecule has 112 valence electrons. The Balaban J connectivity index is 2.51. The average Bonchev–Trinajstić information content (AvgIpc) is 2.32. The van der Waals surface area contributed by atoms with E-state index in [0.29, 0.717) is 11.1 Å². The molecule has 0 unspecified atom stereocenters. The number of sulfonamides is 1. The van der Waals surface area contributed by atoms with Crippen LogP contribution in [-0.2, 0) is 10.0 Å². The molecule has 2 rings (SSSR count). The first-order valence-electron chi connectivity index (χ1n) is 6.36. The van der Waals surface area contributed by atoms with Crippen LogP contribution in [0.1, 0.15) is 16.7 Å². The van der Waals surface area contributed by atoms with E-state index in [2.05, 4.69) is 4.72 Å². The molecular weight excluding hydrogens is 291 g/mol. The Morgan fingerprint density at radius 2 is 1.76 bits per heavy atom. The van der Waals surface area contributed by atoms with Crippen LogP contribution in [0.4, 0.5) is 15.8 Å². The molecule has 0 bridgehead atoms. The van der Waals surface area contributed by atoms with Crippen LogP contribution in [0.15, 0.2) is 35.2 Å². The predicted octanol–water partition coefficient (Wildman–Crippen LogP) is 3.13. The molecule has 0 amide bonds. The molecule has 4 nitrogen and oxygen atoms in total. The number of nitrogen functional groups attached to an aromatic ring is 1. The number of rotatable bonds is 3. The van der Waals surface area contributed by atoms with Crippen LogP contribution in [-0.4, -0.2) is 8.42 Å². The summed E-state index contributed by atoms with van der Waals surface area (Å²) in [6, 6.07) is 7.32. The van der Waals surface area contributed by atoms with Crippen molar-refractivity contribution in [2.24, 2.45) is 0 Å². The number of hydrogen-bond acceptors (Lipinski definition) is 3. The van der Waals surface area contributed by atoms with Gasteiger partial charge in [0, 0.05) is 0 Å². The zero-order chi connectivity index (χ0) is 15.8. The van der Waals surface area contributed by atoms with Gasteiger partial charge in [0.2, 0.25) is 0 Å². The highest BCUT2D eigenvalue weighted by Gasteiger charge is 2.21. The monoisotopic (exact) mass is 308 g/mol. The topological polar surface area (TPSA) is 72.2 Å². The Morgan fingerprint density at radius 1 is 1.10 bits per heavy atom. The van der Waals surface area contributed by atoms with E-state index in [-0.39, 0.29) is 16.3 Å². The van der Waals surface area contributed by atoms with Crippen molar-refractivity contribution in [3.05, 3.63) is 52.8 Å². The van der Waals surface area contributed by atoms with Crippen molar-refractivity contribution in [2.75, 3.05) is 10.5 Å². The Kier molecular flexibility index (Phi) is 3.91. The van der Waals surface area contributed by atoms with Gasteiger partial charge in [-0.25, -0.2) is 12.8 Å². The van der Waals surface area contributed by atoms with Crippen LogP contribution in [0.2, 0.25) is 0 Å². The molecule has 3 N–H and O–H groups in total. The summed E-state index contributed by atoms with van der Waals surface area (Å²) in [4.78, 5) is 0.0319. The second-order valence-electron chi connectivity index (χ2n) is 5.05. The van der Waals surface area contributed by atoms with Crippen molar-refractivity contribution in [2.45, 2.75) is 25.7 Å². The second-order valence-corrected chi connectivity index (χ2v) is 6.67. The number of nitrogens with two attached hydrogens (primary N) is 1. The molecular formula is C15H17FN2O2S. The van der Waals surface area contributed by atoms with Crippen molar-refractivity contribution in [3.63, 3.8) is 0 Å². The highest BCUT2D eigenvalue weighted by molar-refractivity contribution is 7.93. The Bertz CT molecular complexity index is 781. The van der Waals surface area contributed by atoms with Crippen molar-refractivity contribution in [1.82, 2.24) is 0 Å². The number of benzene rings is 2. The maximum absolute atomic E-state index is 13.4. The van der Waals surface area contributed by atoms with Gasteiger partial charge in [0.15, 0.2) is 0 Å². The van der Waals surface area contributed by atoms with Crippen LogP contribution in [0.3, 0.4) is 0 Å². The number of anilines is 2. The molecule has 2 aromatic rings. The molecule has 0 heterocycles. The summed E-state index contributed by atoms with van der Waals surface area (Å²) in [5.74, 6) is -0.498. The van der Waals surface area contributed by atoms with E-state index in [9.17, 15) is 12.8 Å². The predicted molar refractivity (Wildman–Crippen MR) is 82.3 cm³/mol. The summed E-state index contributed by atoms with van der Waals surface area (Å²) in [6.07, 6.45) is 0. The summed E-state index contributed by atoms with van der Waals surface area (Å²) in [7, 11) is -3.87. The van der Waals surface area contributed by atoms with E-state index in [1.54, 1.807) is 39.0 Å². The summed E-state index contributed by atoms with van der Waals surface area (Å²) >= 11 is 0. The largest absolute Gasteiger partial charge is 0.398 e. The van der Waals surface area contributed by atoms with E-state index >= 15 is 0 Å². The van der Waals surface area contributed by atoms with Gasteiger partial charge in [-0.2, -0.15) is 0 Å². The summed E-state index contributed by atoms with van der Waals surface area (Å²) < 4.78 is 40.8. The van der Waals surface area contributed by atoms with Crippen LogP contribution in [0.5, 0.6) is 0 Å². The molecule has 0 saturated carbocycles. The molecule has 0 aliphatic rings. The molecule has 0 spiro atoms. The third-order valence-electron chi connectivity index (χ3n) is 3.27. The fraction of sp³-hybridized carbons (Fsp3) is 0.200. The van der Waals surface area contributed by atoms with E-state index in [4.69, 9.17) is 5.73 Å². The van der Waals surface area contributed by atoms with Gasteiger partial charge in [0.25, 0.3) is 10.0 Å². The first-order chi connectivity index (χ1) is 9.70. The smallest absolute Gasteiger partial charge is 0.264 e. The van der Waals surface area contributed by atoms with Crippen LogP contribution < -0.4 is 10.5 Å². The minimum absolute atomic E-state index is 0.0319. The molecule has 2 aromatic carbocycles. The number of aryl methyl sites for hydroxylation is 2. The number of nitrogens with one attached hydrogen (secondary N) is 1. The molecule has 6 heteroatoms. The van der Waals surface area contributed by atoms with Gasteiger partial charge in [-0.05, 0) is 61.7 Å². The van der Waals surface area contributed by atoms with Gasteiger partial charge < -0.3 is 5.73 Å². The van der Waals surface area contributed by atoms with E-state index in [1.807, 2.05) is 0 Å². The van der Waals surface area contributed by atoms with Gasteiger partial charge in [-0.15, -0.1) is 0 Å². The maximum Gasteiger partial charge on any atom is 0.264 e. The SMILES string of the molecule is Cc1cc(F)cc(NS(=O)(=O)c2c(N)ccc(C)c2C)c1. The highest BCUT2D eigenvalue weighted by atomic mass is 32.2. The molecule has 0 atom stereocenters. The minimum atomic E-state index is -3.87. The highest BCUT2D eigenvalue weighted by Crippen LogP contribution is 2.27. The fourth-order valence-corrected chi connectivity index (χ4v) is 3.64. The van der Waals surface area contributed by atoms with Crippen molar-refractivity contribution < 1.29 is 12.8 Å². The first kappa shape index (κ1) is 15.3. The number of hydrogen-bond donors (Lipinski definition) is 2. The summed E-state index contributed by atoms with van der Waals surface area (Å²) in [5.41, 5.74) is 8.16. The van der Waals surface area contributed by atoms with Crippen molar-refractivity contribution >= 4 is 21.4 Å². The van der Waals surface area contributed by atoms with Gasteiger partial charge >= 0.3 is 0 Å². The van der Waals surface area contributed by atoms with Gasteiger partial charge in [-0.1, -0.05) is 6.07 Å². The average molecular weight is 308 g/mol. The normalized spacial score (nSPS) is 11.4. The first-order valence-corrected chi connectivity index (χ1v) is 7.85. The molecule has 0 saturated heterocycles. The molecule has 21 heavy (non-hydrogen) atoms. The Hall–Kier alpha value is -2.08. The lowest BCUT2D eigenvalue weighted by Gasteiger charge is -2.14. The van der Waals surface area contributed by atoms with Crippen LogP contribution in [0.25, 0.3) is 0 Å². The molecule has 0 aliphatic carbocycles. The Morgan fingerprint density at radius 3 is 2.38 bits per heavy atom. The lowest BCUT2D eigenvalue weighted by molar-refractivity contribution is 0.600. The third-order valence-corrected chi connectivity index (χ3v) is 4.85. The fourth-order valence-electron chi connectivity index (χ4n) is 2.17. The van der Waals surface area contributed by atoms with Crippen LogP contribution in [0, 0.1) is 26.6 Å². The van der Waals surface area contributed by atoms with Crippen LogP contribution >= 0.6 is 0 Å². The molecule has 0 fully saturated rings. The quantitative estimate of drug-likeness (QED) is 0.856. The second kappa shape index (κ2) is 5.37. The maximum atomic E-state index is 13.4. The lowest BCUT2D eigenvalue weighted by atomic mass is 10.1. The summed E-state index contributed by atoms with van der Waals surface area (Å²) in [5, 5.41) is 0. The van der Waals surface area contributed by atoms with Crippen molar-refractivity contribution in [1.29, 1.82) is 0 Å². The molecule has 0 aromatic heterocycles. The van der Waals surface area contributed by atoms with Gasteiger partial charge in [-0.3, -0.25) is 4.72 Å². The van der Waals surface area contributed by atoms with Gasteiger partial charge in [0.1, 0.15) is 10.7 Å². The summed E-state index contributed by atoms with van der Waals surface area (Å²) in [6.45, 7) is 5.18. The van der Waals surface area contributed by atoms with Crippen molar-refractivity contribution in [3.8, 4) is 0 Å². The zero-order valence-corrected chi connectivity index (χ0v) is 12.9. The van der Waals surface area contributed by atoms with Gasteiger partial charge in [0.05, 0.1) is 11.4 Å². The number of halogens is 1. The minimum Gasteiger partial charge on any atom is -0.398 e. The van der Waals surface area contributed by atoms with E-state index in [1.165, 1.54) is 6.07 Å². The zero-order valence-electron chi connectivity index (χ0n) is 12.1. The third kappa shape index (κ3) is 3.16. The molecule has 0 aliphatic heterocycles. The van der Waals surface area contributed by atoms with E-state index < -0.39 is 15.8 Å². The standard InChI is InChI=1S/C15H17FN2O2S/c1-9-6-12(16)8-13(7-9)18-21(19,20)15-11(3)10(2)4-5-14(15)17/h4-8,18H,17H2,1-3H3. The Labute approximate surface area is 123 Å². The van der Waals surface area contributed by atoms with E-state index in [0.717, 1.165) is 11.6 Å². The lowest BCUT2D eigenvalue weighted by Crippen LogP contribution is -2.17. The molecule has 0 radical (unpaired) electrons.